The maximum Gasteiger partial charge on any atom is 0.222 e. The molecule has 0 radical (unpaired) electrons. The van der Waals surface area contributed by atoms with Gasteiger partial charge in [-0.2, -0.15) is 0 Å². The van der Waals surface area contributed by atoms with Gasteiger partial charge in [-0.15, -0.1) is 0 Å². The molecular formula is C21H28N2O2. The van der Waals surface area contributed by atoms with E-state index in [1.807, 2.05) is 6.07 Å². The van der Waals surface area contributed by atoms with E-state index in [4.69, 9.17) is 0 Å². The first-order chi connectivity index (χ1) is 12.2. The van der Waals surface area contributed by atoms with Crippen LogP contribution in [-0.2, 0) is 16.0 Å². The molecule has 3 aliphatic heterocycles. The third-order valence-electron chi connectivity index (χ3n) is 6.23. The molecule has 0 spiro atoms. The second kappa shape index (κ2) is 7.19. The Hall–Kier alpha value is -1.84. The highest BCUT2D eigenvalue weighted by Crippen LogP contribution is 2.38. The average Bonchev–Trinajstić information content (AvgIpc) is 2.63. The number of likely N-dealkylation sites (tertiary alicyclic amines) is 1. The number of aryl methyl sites for hydroxylation is 1. The van der Waals surface area contributed by atoms with E-state index in [1.54, 1.807) is 0 Å². The second-order valence-electron chi connectivity index (χ2n) is 8.01. The summed E-state index contributed by atoms with van der Waals surface area (Å²) in [6.45, 7) is 2.57. The zero-order chi connectivity index (χ0) is 17.2. The molecule has 0 aromatic heterocycles. The van der Waals surface area contributed by atoms with Crippen LogP contribution in [0.5, 0.6) is 0 Å². The van der Waals surface area contributed by atoms with E-state index in [2.05, 4.69) is 34.1 Å². The zero-order valence-corrected chi connectivity index (χ0v) is 14.9. The molecule has 0 unspecified atom stereocenters. The Balaban J connectivity index is 1.32. The number of benzene rings is 1. The SMILES string of the molecule is O=C(CCCc1ccccc1)N1C[C@H]2C[C@H](C1)[C@H]1CCCC(=O)N1C2. The van der Waals surface area contributed by atoms with E-state index < -0.39 is 0 Å². The van der Waals surface area contributed by atoms with E-state index in [0.717, 1.165) is 51.7 Å². The number of piperidine rings is 3. The predicted octanol–water partition coefficient (Wildman–Crippen LogP) is 2.87. The normalized spacial score (nSPS) is 28.6. The summed E-state index contributed by atoms with van der Waals surface area (Å²) in [6, 6.07) is 10.8. The number of hydrogen-bond donors (Lipinski definition) is 0. The molecule has 3 atom stereocenters. The Morgan fingerprint density at radius 1 is 1.12 bits per heavy atom. The third-order valence-corrected chi connectivity index (χ3v) is 6.23. The van der Waals surface area contributed by atoms with Crippen LogP contribution in [0.25, 0.3) is 0 Å². The van der Waals surface area contributed by atoms with Gasteiger partial charge in [-0.25, -0.2) is 0 Å². The number of fused-ring (bicyclic) bond motifs is 4. The lowest BCUT2D eigenvalue weighted by molar-refractivity contribution is -0.148. The van der Waals surface area contributed by atoms with Crippen LogP contribution in [0.2, 0.25) is 0 Å². The lowest BCUT2D eigenvalue weighted by Gasteiger charge is -2.52. The van der Waals surface area contributed by atoms with E-state index in [-0.39, 0.29) is 0 Å². The molecule has 3 saturated heterocycles. The topological polar surface area (TPSA) is 40.6 Å². The lowest BCUT2D eigenvalue weighted by Crippen LogP contribution is -2.61. The summed E-state index contributed by atoms with van der Waals surface area (Å²) >= 11 is 0. The highest BCUT2D eigenvalue weighted by atomic mass is 16.2. The summed E-state index contributed by atoms with van der Waals surface area (Å²) in [5.74, 6) is 1.62. The summed E-state index contributed by atoms with van der Waals surface area (Å²) in [5, 5.41) is 0. The fourth-order valence-corrected chi connectivity index (χ4v) is 5.06. The van der Waals surface area contributed by atoms with Crippen molar-refractivity contribution in [1.82, 2.24) is 9.80 Å². The van der Waals surface area contributed by atoms with Crippen molar-refractivity contribution in [2.45, 2.75) is 51.0 Å². The fraction of sp³-hybridized carbons (Fsp3) is 0.619. The first-order valence-corrected chi connectivity index (χ1v) is 9.82. The van der Waals surface area contributed by atoms with Gasteiger partial charge in [-0.1, -0.05) is 30.3 Å². The van der Waals surface area contributed by atoms with Crippen LogP contribution in [0.15, 0.2) is 30.3 Å². The Labute approximate surface area is 150 Å². The van der Waals surface area contributed by atoms with Gasteiger partial charge < -0.3 is 9.80 Å². The number of nitrogens with zero attached hydrogens (tertiary/aromatic N) is 2. The van der Waals surface area contributed by atoms with Crippen molar-refractivity contribution in [3.8, 4) is 0 Å². The maximum atomic E-state index is 12.7. The van der Waals surface area contributed by atoms with E-state index in [0.29, 0.717) is 36.1 Å². The molecule has 2 bridgehead atoms. The molecule has 4 nitrogen and oxygen atoms in total. The number of amides is 2. The van der Waals surface area contributed by atoms with Gasteiger partial charge >= 0.3 is 0 Å². The summed E-state index contributed by atoms with van der Waals surface area (Å²) in [5.41, 5.74) is 1.31. The number of carbonyl (C=O) groups is 2. The van der Waals surface area contributed by atoms with Crippen molar-refractivity contribution in [3.05, 3.63) is 35.9 Å². The predicted molar refractivity (Wildman–Crippen MR) is 96.9 cm³/mol. The Bertz CT molecular complexity index is 630. The summed E-state index contributed by atoms with van der Waals surface area (Å²) in [4.78, 5) is 29.1. The first kappa shape index (κ1) is 16.6. The van der Waals surface area contributed by atoms with Crippen molar-refractivity contribution in [2.75, 3.05) is 19.6 Å². The number of carbonyl (C=O) groups excluding carboxylic acids is 2. The standard InChI is InChI=1S/C21H28N2O2/c24-20(10-4-8-16-6-2-1-3-7-16)22-13-17-12-18(15-22)19-9-5-11-21(25)23(19)14-17/h1-3,6-7,17-19H,4-5,8-15H2/t17-,18-,19-/m1/s1. The molecule has 0 saturated carbocycles. The van der Waals surface area contributed by atoms with E-state index >= 15 is 0 Å². The molecule has 3 aliphatic rings. The van der Waals surface area contributed by atoms with Crippen molar-refractivity contribution in [2.24, 2.45) is 11.8 Å². The first-order valence-electron chi connectivity index (χ1n) is 9.82. The van der Waals surface area contributed by atoms with Gasteiger partial charge in [0.15, 0.2) is 0 Å². The van der Waals surface area contributed by atoms with Crippen LogP contribution >= 0.6 is 0 Å². The van der Waals surface area contributed by atoms with Crippen LogP contribution in [0, 0.1) is 11.8 Å². The van der Waals surface area contributed by atoms with Crippen molar-refractivity contribution in [3.63, 3.8) is 0 Å². The molecule has 1 aromatic carbocycles. The van der Waals surface area contributed by atoms with Gasteiger partial charge in [0.1, 0.15) is 0 Å². The molecule has 134 valence electrons. The largest absolute Gasteiger partial charge is 0.342 e. The van der Waals surface area contributed by atoms with Gasteiger partial charge in [-0.3, -0.25) is 9.59 Å². The van der Waals surface area contributed by atoms with Crippen molar-refractivity contribution >= 4 is 11.8 Å². The molecule has 2 amide bonds. The van der Waals surface area contributed by atoms with Crippen LogP contribution < -0.4 is 0 Å². The minimum Gasteiger partial charge on any atom is -0.342 e. The van der Waals surface area contributed by atoms with E-state index in [1.165, 1.54) is 12.0 Å². The summed E-state index contributed by atoms with van der Waals surface area (Å²) in [7, 11) is 0. The van der Waals surface area contributed by atoms with Crippen LogP contribution in [0.4, 0.5) is 0 Å². The highest BCUT2D eigenvalue weighted by Gasteiger charge is 2.44. The Morgan fingerprint density at radius 2 is 1.96 bits per heavy atom. The summed E-state index contributed by atoms with van der Waals surface area (Å²) < 4.78 is 0. The molecule has 3 fully saturated rings. The monoisotopic (exact) mass is 340 g/mol. The third kappa shape index (κ3) is 3.58. The lowest BCUT2D eigenvalue weighted by atomic mass is 9.76. The average molecular weight is 340 g/mol. The van der Waals surface area contributed by atoms with Gasteiger partial charge in [0.25, 0.3) is 0 Å². The Morgan fingerprint density at radius 3 is 2.80 bits per heavy atom. The quantitative estimate of drug-likeness (QED) is 0.846. The molecule has 3 heterocycles. The van der Waals surface area contributed by atoms with Gasteiger partial charge in [-0.05, 0) is 49.5 Å². The smallest absolute Gasteiger partial charge is 0.222 e. The summed E-state index contributed by atoms with van der Waals surface area (Å²) in [6.07, 6.45) is 6.59. The minimum absolute atomic E-state index is 0.307. The molecule has 25 heavy (non-hydrogen) atoms. The van der Waals surface area contributed by atoms with Gasteiger partial charge in [0, 0.05) is 38.5 Å². The molecule has 4 rings (SSSR count). The van der Waals surface area contributed by atoms with Crippen molar-refractivity contribution in [1.29, 1.82) is 0 Å². The second-order valence-corrected chi connectivity index (χ2v) is 8.01. The molecule has 4 heteroatoms. The van der Waals surface area contributed by atoms with Crippen LogP contribution in [0.1, 0.15) is 44.1 Å². The van der Waals surface area contributed by atoms with Crippen molar-refractivity contribution < 1.29 is 9.59 Å². The number of rotatable bonds is 4. The highest BCUT2D eigenvalue weighted by molar-refractivity contribution is 5.78. The van der Waals surface area contributed by atoms with Crippen LogP contribution in [-0.4, -0.2) is 47.3 Å². The molecule has 0 N–H and O–H groups in total. The molecule has 1 aromatic rings. The minimum atomic E-state index is 0.307. The van der Waals surface area contributed by atoms with Gasteiger partial charge in [0.05, 0.1) is 0 Å². The van der Waals surface area contributed by atoms with Gasteiger partial charge in [0.2, 0.25) is 11.8 Å². The fourth-order valence-electron chi connectivity index (χ4n) is 5.06. The maximum absolute atomic E-state index is 12.7. The Kier molecular flexibility index (Phi) is 4.78. The number of hydrogen-bond acceptors (Lipinski definition) is 2. The van der Waals surface area contributed by atoms with Crippen LogP contribution in [0.3, 0.4) is 0 Å². The van der Waals surface area contributed by atoms with E-state index in [9.17, 15) is 9.59 Å². The zero-order valence-electron chi connectivity index (χ0n) is 14.9. The molecular weight excluding hydrogens is 312 g/mol. The molecule has 0 aliphatic carbocycles.